The molecule has 1 aromatic heterocycles. The Morgan fingerprint density at radius 3 is 2.19 bits per heavy atom. The number of benzene rings is 2. The fourth-order valence-corrected chi connectivity index (χ4v) is 3.06. The Hall–Kier alpha value is -3.21. The van der Waals surface area contributed by atoms with Crippen molar-refractivity contribution in [2.45, 2.75) is 26.7 Å². The van der Waals surface area contributed by atoms with E-state index < -0.39 is 5.97 Å². The van der Waals surface area contributed by atoms with E-state index in [4.69, 9.17) is 4.42 Å². The second-order valence-electron chi connectivity index (χ2n) is 6.53. The summed E-state index contributed by atoms with van der Waals surface area (Å²) in [5.41, 5.74) is 3.61. The minimum absolute atomic E-state index is 0.0649. The van der Waals surface area contributed by atoms with Crippen LogP contribution in [-0.4, -0.2) is 24.6 Å². The predicted molar refractivity (Wildman–Crippen MR) is 101 cm³/mol. The van der Waals surface area contributed by atoms with Crippen LogP contribution in [0.4, 0.5) is 0 Å². The van der Waals surface area contributed by atoms with E-state index in [0.29, 0.717) is 16.7 Å². The number of aryl methyl sites for hydroxylation is 2. The van der Waals surface area contributed by atoms with Gasteiger partial charge in [0.15, 0.2) is 17.3 Å². The molecular weight excluding hydrogens is 344 g/mol. The van der Waals surface area contributed by atoms with E-state index in [1.807, 2.05) is 26.0 Å². The first kappa shape index (κ1) is 18.6. The zero-order valence-electron chi connectivity index (χ0n) is 15.5. The van der Waals surface area contributed by atoms with E-state index in [-0.39, 0.29) is 30.2 Å². The summed E-state index contributed by atoms with van der Waals surface area (Å²) in [5.74, 6) is -0.558. The van der Waals surface area contributed by atoms with Crippen LogP contribution in [0.1, 0.15) is 55.2 Å². The Labute approximate surface area is 156 Å². The van der Waals surface area contributed by atoms with Crippen molar-refractivity contribution in [3.8, 4) is 0 Å². The molecule has 0 bridgehead atoms. The van der Waals surface area contributed by atoms with Crippen molar-refractivity contribution in [3.05, 3.63) is 70.5 Å². The first-order chi connectivity index (χ1) is 12.9. The highest BCUT2D eigenvalue weighted by molar-refractivity contribution is 6.03. The zero-order valence-corrected chi connectivity index (χ0v) is 15.5. The molecule has 0 aliphatic heterocycles. The van der Waals surface area contributed by atoms with Crippen molar-refractivity contribution in [1.82, 2.24) is 0 Å². The van der Waals surface area contributed by atoms with Crippen LogP contribution in [0, 0.1) is 13.8 Å². The molecule has 0 atom stereocenters. The molecule has 27 heavy (non-hydrogen) atoms. The molecule has 3 rings (SSSR count). The summed E-state index contributed by atoms with van der Waals surface area (Å²) in [6.45, 7) is 3.93. The second-order valence-corrected chi connectivity index (χ2v) is 6.53. The van der Waals surface area contributed by atoms with E-state index in [1.165, 1.54) is 19.2 Å². The third kappa shape index (κ3) is 3.97. The molecular formula is C22H20O5. The lowest BCUT2D eigenvalue weighted by Crippen LogP contribution is -2.06. The molecule has 0 fully saturated rings. The summed E-state index contributed by atoms with van der Waals surface area (Å²) in [5, 5.41) is 0.889. The molecule has 1 heterocycles. The fourth-order valence-electron chi connectivity index (χ4n) is 3.06. The third-order valence-electron chi connectivity index (χ3n) is 4.43. The summed E-state index contributed by atoms with van der Waals surface area (Å²) < 4.78 is 10.3. The van der Waals surface area contributed by atoms with Gasteiger partial charge in [-0.3, -0.25) is 9.59 Å². The zero-order chi connectivity index (χ0) is 19.6. The van der Waals surface area contributed by atoms with Gasteiger partial charge in [-0.05, 0) is 43.7 Å². The highest BCUT2D eigenvalue weighted by Gasteiger charge is 2.16. The number of hydrogen-bond acceptors (Lipinski definition) is 5. The number of Topliss-reactive ketones (excluding diaryl/α,β-unsaturated/α-hetero) is 2. The largest absolute Gasteiger partial charge is 0.465 e. The van der Waals surface area contributed by atoms with E-state index in [0.717, 1.165) is 16.5 Å². The fraction of sp³-hybridized carbons (Fsp3) is 0.227. The minimum atomic E-state index is -0.459. The normalized spacial score (nSPS) is 10.8. The van der Waals surface area contributed by atoms with Gasteiger partial charge in [0, 0.05) is 23.8 Å². The number of rotatable bonds is 6. The van der Waals surface area contributed by atoms with E-state index in [1.54, 1.807) is 18.2 Å². The Balaban J connectivity index is 1.67. The molecule has 0 unspecified atom stereocenters. The average molecular weight is 364 g/mol. The maximum atomic E-state index is 12.4. The second kappa shape index (κ2) is 7.58. The number of carbonyl (C=O) groups is 3. The van der Waals surface area contributed by atoms with Gasteiger partial charge in [0.2, 0.25) is 0 Å². The number of fused-ring (bicyclic) bond motifs is 1. The van der Waals surface area contributed by atoms with Crippen LogP contribution >= 0.6 is 0 Å². The van der Waals surface area contributed by atoms with Gasteiger partial charge in [-0.25, -0.2) is 4.79 Å². The van der Waals surface area contributed by atoms with Gasteiger partial charge in [-0.2, -0.15) is 0 Å². The molecule has 0 N–H and O–H groups in total. The molecule has 0 saturated carbocycles. The van der Waals surface area contributed by atoms with E-state index in [2.05, 4.69) is 4.74 Å². The monoisotopic (exact) mass is 364 g/mol. The number of hydrogen-bond donors (Lipinski definition) is 0. The molecule has 0 aliphatic rings. The van der Waals surface area contributed by atoms with Crippen LogP contribution in [0.2, 0.25) is 0 Å². The van der Waals surface area contributed by atoms with Gasteiger partial charge in [0.05, 0.1) is 12.7 Å². The van der Waals surface area contributed by atoms with Crippen molar-refractivity contribution in [2.75, 3.05) is 7.11 Å². The highest BCUT2D eigenvalue weighted by Crippen LogP contribution is 2.25. The standard InChI is InChI=1S/C22H20O5/c1-13-10-14(2)21-17(11-13)12-20(27-21)19(24)9-8-18(23)15-4-6-16(7-5-15)22(25)26-3/h4-7,10-12H,8-9H2,1-3H3. The Kier molecular flexibility index (Phi) is 5.21. The summed E-state index contributed by atoms with van der Waals surface area (Å²) in [6.07, 6.45) is 0.140. The molecule has 0 saturated heterocycles. The Morgan fingerprint density at radius 2 is 1.52 bits per heavy atom. The maximum absolute atomic E-state index is 12.4. The average Bonchev–Trinajstić information content (AvgIpc) is 3.09. The molecule has 2 aromatic carbocycles. The van der Waals surface area contributed by atoms with Crippen molar-refractivity contribution in [2.24, 2.45) is 0 Å². The summed E-state index contributed by atoms with van der Waals surface area (Å²) in [6, 6.07) is 11.9. The molecule has 138 valence electrons. The molecule has 0 radical (unpaired) electrons. The lowest BCUT2D eigenvalue weighted by Gasteiger charge is -2.02. The van der Waals surface area contributed by atoms with E-state index >= 15 is 0 Å². The minimum Gasteiger partial charge on any atom is -0.465 e. The Bertz CT molecular complexity index is 1020. The molecule has 0 amide bonds. The van der Waals surface area contributed by atoms with Crippen molar-refractivity contribution in [3.63, 3.8) is 0 Å². The number of furan rings is 1. The van der Waals surface area contributed by atoms with Gasteiger partial charge < -0.3 is 9.15 Å². The quantitative estimate of drug-likeness (QED) is 0.469. The van der Waals surface area contributed by atoms with Gasteiger partial charge in [0.1, 0.15) is 5.58 Å². The summed E-state index contributed by atoms with van der Waals surface area (Å²) in [4.78, 5) is 36.1. The molecule has 0 aliphatic carbocycles. The molecule has 0 spiro atoms. The Morgan fingerprint density at radius 1 is 0.889 bits per heavy atom. The SMILES string of the molecule is COC(=O)c1ccc(C(=O)CCC(=O)c2cc3cc(C)cc(C)c3o2)cc1. The number of ether oxygens (including phenoxy) is 1. The van der Waals surface area contributed by atoms with Crippen LogP contribution in [-0.2, 0) is 4.74 Å². The predicted octanol–water partition coefficient (Wildman–Crippen LogP) is 4.68. The van der Waals surface area contributed by atoms with Crippen LogP contribution in [0.25, 0.3) is 11.0 Å². The van der Waals surface area contributed by atoms with Crippen LogP contribution in [0.5, 0.6) is 0 Å². The van der Waals surface area contributed by atoms with Gasteiger partial charge >= 0.3 is 5.97 Å². The van der Waals surface area contributed by atoms with Crippen LogP contribution in [0.15, 0.2) is 46.9 Å². The lowest BCUT2D eigenvalue weighted by atomic mass is 10.0. The van der Waals surface area contributed by atoms with Crippen LogP contribution < -0.4 is 0 Å². The van der Waals surface area contributed by atoms with Crippen molar-refractivity contribution in [1.29, 1.82) is 0 Å². The summed E-state index contributed by atoms with van der Waals surface area (Å²) >= 11 is 0. The first-order valence-electron chi connectivity index (χ1n) is 8.64. The smallest absolute Gasteiger partial charge is 0.337 e. The topological polar surface area (TPSA) is 73.6 Å². The molecule has 5 nitrogen and oxygen atoms in total. The number of methoxy groups -OCH3 is 1. The van der Waals surface area contributed by atoms with Gasteiger partial charge in [0.25, 0.3) is 0 Å². The first-order valence-corrected chi connectivity index (χ1v) is 8.64. The number of ketones is 2. The van der Waals surface area contributed by atoms with Crippen molar-refractivity contribution >= 4 is 28.5 Å². The lowest BCUT2D eigenvalue weighted by molar-refractivity contribution is 0.0600. The highest BCUT2D eigenvalue weighted by atomic mass is 16.5. The van der Waals surface area contributed by atoms with E-state index in [9.17, 15) is 14.4 Å². The molecule has 5 heteroatoms. The van der Waals surface area contributed by atoms with Gasteiger partial charge in [-0.1, -0.05) is 23.8 Å². The van der Waals surface area contributed by atoms with Crippen LogP contribution in [0.3, 0.4) is 0 Å². The third-order valence-corrected chi connectivity index (χ3v) is 4.43. The summed E-state index contributed by atoms with van der Waals surface area (Å²) in [7, 11) is 1.30. The van der Waals surface area contributed by atoms with Gasteiger partial charge in [-0.15, -0.1) is 0 Å². The molecule has 3 aromatic rings. The van der Waals surface area contributed by atoms with Crippen molar-refractivity contribution < 1.29 is 23.5 Å². The maximum Gasteiger partial charge on any atom is 0.337 e. The number of esters is 1. The number of carbonyl (C=O) groups excluding carboxylic acids is 3.